The van der Waals surface area contributed by atoms with Crippen molar-refractivity contribution in [1.29, 1.82) is 5.41 Å². The Balaban J connectivity index is 1.66. The van der Waals surface area contributed by atoms with Crippen molar-refractivity contribution in [3.63, 3.8) is 0 Å². The number of carbonyl (C=O) groups is 1. The zero-order chi connectivity index (χ0) is 19.2. The zero-order valence-electron chi connectivity index (χ0n) is 15.3. The monoisotopic (exact) mass is 370 g/mol. The summed E-state index contributed by atoms with van der Waals surface area (Å²) in [6, 6.07) is 5.07. The summed E-state index contributed by atoms with van der Waals surface area (Å²) in [7, 11) is 1.63. The van der Waals surface area contributed by atoms with Crippen molar-refractivity contribution in [2.24, 2.45) is 0 Å². The summed E-state index contributed by atoms with van der Waals surface area (Å²) in [6.45, 7) is 3.29. The lowest BCUT2D eigenvalue weighted by Crippen LogP contribution is -2.71. The predicted molar refractivity (Wildman–Crippen MR) is 102 cm³/mol. The highest BCUT2D eigenvalue weighted by molar-refractivity contribution is 5.91. The van der Waals surface area contributed by atoms with Crippen molar-refractivity contribution in [3.05, 3.63) is 41.9 Å². The molecule has 1 fully saturated rings. The van der Waals surface area contributed by atoms with Crippen molar-refractivity contribution in [1.82, 2.24) is 20.6 Å². The molecule has 6 N–H and O–H groups in total. The SMILES string of the molecule is CO[C@H]1CNC[C@@H]1NC(=O)Nc1cc(C=N)c([NH2+]c2ccnc(C)c2)cn1. The number of aryl methyl sites for hydroxylation is 1. The Kier molecular flexibility index (Phi) is 6.07. The summed E-state index contributed by atoms with van der Waals surface area (Å²) in [5.74, 6) is 0.383. The van der Waals surface area contributed by atoms with Gasteiger partial charge in [-0.25, -0.2) is 9.78 Å². The molecule has 0 radical (unpaired) electrons. The van der Waals surface area contributed by atoms with Crippen molar-refractivity contribution in [2.45, 2.75) is 19.1 Å². The lowest BCUT2D eigenvalue weighted by molar-refractivity contribution is -0.479. The summed E-state index contributed by atoms with van der Waals surface area (Å²) in [6.07, 6.45) is 4.57. The molecule has 2 atom stereocenters. The van der Waals surface area contributed by atoms with Gasteiger partial charge in [0.1, 0.15) is 11.5 Å². The number of hydrogen-bond acceptors (Lipinski definition) is 6. The maximum Gasteiger partial charge on any atom is 0.320 e. The molecule has 9 nitrogen and oxygen atoms in total. The fourth-order valence-electron chi connectivity index (χ4n) is 3.00. The molecule has 3 heterocycles. The minimum Gasteiger partial charge on any atom is -0.378 e. The minimum atomic E-state index is -0.351. The normalized spacial score (nSPS) is 18.9. The number of ether oxygens (including phenoxy) is 1. The highest BCUT2D eigenvalue weighted by Gasteiger charge is 2.28. The summed E-state index contributed by atoms with van der Waals surface area (Å²) < 4.78 is 5.33. The van der Waals surface area contributed by atoms with E-state index in [9.17, 15) is 4.79 Å². The van der Waals surface area contributed by atoms with Crippen LogP contribution in [0.3, 0.4) is 0 Å². The lowest BCUT2D eigenvalue weighted by Gasteiger charge is -2.18. The number of aromatic nitrogens is 2. The molecule has 0 unspecified atom stereocenters. The Morgan fingerprint density at radius 3 is 3.00 bits per heavy atom. The third kappa shape index (κ3) is 4.85. The largest absolute Gasteiger partial charge is 0.378 e. The fraction of sp³-hybridized carbons (Fsp3) is 0.333. The second-order valence-corrected chi connectivity index (χ2v) is 6.36. The van der Waals surface area contributed by atoms with Gasteiger partial charge in [-0.2, -0.15) is 0 Å². The van der Waals surface area contributed by atoms with E-state index in [0.717, 1.165) is 17.1 Å². The van der Waals surface area contributed by atoms with Gasteiger partial charge < -0.3 is 20.8 Å². The molecular weight excluding hydrogens is 346 g/mol. The predicted octanol–water partition coefficient (Wildman–Crippen LogP) is 0.418. The second kappa shape index (κ2) is 8.67. The summed E-state index contributed by atoms with van der Waals surface area (Å²) in [4.78, 5) is 20.7. The van der Waals surface area contributed by atoms with Crippen LogP contribution in [0.15, 0.2) is 30.6 Å². The van der Waals surface area contributed by atoms with Crippen LogP contribution in [-0.4, -0.2) is 54.6 Å². The van der Waals surface area contributed by atoms with Gasteiger partial charge in [0.05, 0.1) is 23.9 Å². The van der Waals surface area contributed by atoms with E-state index in [-0.39, 0.29) is 18.2 Å². The zero-order valence-corrected chi connectivity index (χ0v) is 15.3. The number of carbonyl (C=O) groups excluding carboxylic acids is 1. The molecule has 1 aliphatic rings. The van der Waals surface area contributed by atoms with Gasteiger partial charge in [-0.05, 0) is 13.0 Å². The van der Waals surface area contributed by atoms with E-state index in [1.165, 1.54) is 6.21 Å². The van der Waals surface area contributed by atoms with E-state index < -0.39 is 0 Å². The quantitative estimate of drug-likeness (QED) is 0.471. The molecule has 27 heavy (non-hydrogen) atoms. The average Bonchev–Trinajstić information content (AvgIpc) is 3.10. The van der Waals surface area contributed by atoms with Gasteiger partial charge in [0.2, 0.25) is 0 Å². The maximum atomic E-state index is 12.2. The van der Waals surface area contributed by atoms with Crippen LogP contribution in [0.1, 0.15) is 11.3 Å². The minimum absolute atomic E-state index is 0.0540. The molecule has 0 spiro atoms. The maximum absolute atomic E-state index is 12.2. The lowest BCUT2D eigenvalue weighted by atomic mass is 10.2. The van der Waals surface area contributed by atoms with E-state index >= 15 is 0 Å². The standard InChI is InChI=1S/C18H23N7O2/c1-11-5-13(3-4-21-11)23-14-9-22-17(6-12(14)7-19)25-18(26)24-15-8-20-10-16(15)27-2/h3-7,9,15-16,19-20H,8,10H2,1-2H3,(H,21,23)(H2,22,24,25,26)/p+1/t15-,16-/m0/s1. The number of quaternary nitrogens is 1. The van der Waals surface area contributed by atoms with Gasteiger partial charge in [-0.3, -0.25) is 15.6 Å². The number of nitrogens with zero attached hydrogens (tertiary/aromatic N) is 2. The van der Waals surface area contributed by atoms with Gasteiger partial charge in [0.25, 0.3) is 0 Å². The molecule has 1 aliphatic heterocycles. The molecular formula is C18H24N7O2+. The van der Waals surface area contributed by atoms with Gasteiger partial charge in [-0.15, -0.1) is 0 Å². The van der Waals surface area contributed by atoms with Crippen LogP contribution in [0.5, 0.6) is 0 Å². The Morgan fingerprint density at radius 2 is 2.26 bits per heavy atom. The van der Waals surface area contributed by atoms with Crippen molar-refractivity contribution in [3.8, 4) is 0 Å². The number of pyridine rings is 2. The van der Waals surface area contributed by atoms with E-state index in [4.69, 9.17) is 10.1 Å². The third-order valence-electron chi connectivity index (χ3n) is 4.39. The number of urea groups is 1. The number of hydrogen-bond donors (Lipinski definition) is 5. The number of anilines is 1. The Morgan fingerprint density at radius 1 is 1.41 bits per heavy atom. The third-order valence-corrected chi connectivity index (χ3v) is 4.39. The number of rotatable bonds is 6. The van der Waals surface area contributed by atoms with E-state index in [1.54, 1.807) is 25.6 Å². The second-order valence-electron chi connectivity index (χ2n) is 6.36. The Bertz CT molecular complexity index is 827. The molecule has 9 heteroatoms. The van der Waals surface area contributed by atoms with E-state index in [0.29, 0.717) is 24.5 Å². The van der Waals surface area contributed by atoms with Crippen molar-refractivity contribution in [2.75, 3.05) is 25.5 Å². The van der Waals surface area contributed by atoms with E-state index in [2.05, 4.69) is 25.9 Å². The first-order chi connectivity index (χ1) is 13.1. The number of nitrogens with two attached hydrogens (primary N) is 1. The van der Waals surface area contributed by atoms with Crippen LogP contribution in [0.4, 0.5) is 22.0 Å². The first kappa shape index (κ1) is 18.9. The highest BCUT2D eigenvalue weighted by Crippen LogP contribution is 2.14. The molecule has 0 saturated carbocycles. The Labute approximate surface area is 157 Å². The van der Waals surface area contributed by atoms with Crippen LogP contribution in [0, 0.1) is 12.3 Å². The molecule has 0 aromatic carbocycles. The molecule has 0 aliphatic carbocycles. The first-order valence-electron chi connectivity index (χ1n) is 8.68. The van der Waals surface area contributed by atoms with Crippen LogP contribution in [0.2, 0.25) is 0 Å². The number of amides is 2. The van der Waals surface area contributed by atoms with Crippen molar-refractivity contribution < 1.29 is 14.8 Å². The van der Waals surface area contributed by atoms with E-state index in [1.807, 2.05) is 24.4 Å². The molecule has 3 rings (SSSR count). The average molecular weight is 370 g/mol. The Hall–Kier alpha value is -2.88. The smallest absolute Gasteiger partial charge is 0.320 e. The van der Waals surface area contributed by atoms with Crippen LogP contribution >= 0.6 is 0 Å². The van der Waals surface area contributed by atoms with Gasteiger partial charge >= 0.3 is 6.03 Å². The molecule has 2 aromatic rings. The van der Waals surface area contributed by atoms with Gasteiger partial charge in [0.15, 0.2) is 5.69 Å². The van der Waals surface area contributed by atoms with Crippen LogP contribution in [-0.2, 0) is 4.74 Å². The summed E-state index contributed by atoms with van der Waals surface area (Å²) in [5.41, 5.74) is 3.34. The summed E-state index contributed by atoms with van der Waals surface area (Å²) in [5, 5.41) is 18.4. The molecule has 142 valence electrons. The van der Waals surface area contributed by atoms with Gasteiger partial charge in [0, 0.05) is 50.4 Å². The molecule has 1 saturated heterocycles. The topological polar surface area (TPSA) is 129 Å². The summed E-state index contributed by atoms with van der Waals surface area (Å²) >= 11 is 0. The fourth-order valence-corrected chi connectivity index (χ4v) is 3.00. The van der Waals surface area contributed by atoms with Crippen LogP contribution in [0.25, 0.3) is 0 Å². The number of methoxy groups -OCH3 is 1. The molecule has 2 amide bonds. The molecule has 0 bridgehead atoms. The number of nitrogens with one attached hydrogen (secondary N) is 4. The van der Waals surface area contributed by atoms with Crippen LogP contribution < -0.4 is 21.3 Å². The first-order valence-corrected chi connectivity index (χ1v) is 8.68. The molecule has 2 aromatic heterocycles. The highest BCUT2D eigenvalue weighted by atomic mass is 16.5. The van der Waals surface area contributed by atoms with Crippen molar-refractivity contribution >= 4 is 29.4 Å². The van der Waals surface area contributed by atoms with Gasteiger partial charge in [-0.1, -0.05) is 0 Å².